The van der Waals surface area contributed by atoms with Gasteiger partial charge in [0.25, 0.3) is 0 Å². The molecule has 11 heavy (non-hydrogen) atoms. The molecule has 0 aromatic heterocycles. The van der Waals surface area contributed by atoms with Crippen molar-refractivity contribution in [2.45, 2.75) is 25.3 Å². The Morgan fingerprint density at radius 2 is 2.45 bits per heavy atom. The molecule has 0 radical (unpaired) electrons. The van der Waals surface area contributed by atoms with E-state index < -0.39 is 6.03 Å². The van der Waals surface area contributed by atoms with Gasteiger partial charge in [0.2, 0.25) is 0 Å². The number of rotatable bonds is 2. The zero-order valence-electron chi connectivity index (χ0n) is 6.60. The standard InChI is InChI=1S/C7H15N3O/c8-7(11)10-5-6-3-1-2-4-9-6/h6,9H,1-5H2,(H3,8,10,11). The monoisotopic (exact) mass is 157 g/mol. The summed E-state index contributed by atoms with van der Waals surface area (Å²) >= 11 is 0. The molecule has 0 aliphatic carbocycles. The summed E-state index contributed by atoms with van der Waals surface area (Å²) in [4.78, 5) is 10.3. The van der Waals surface area contributed by atoms with Gasteiger partial charge < -0.3 is 16.4 Å². The maximum absolute atomic E-state index is 10.3. The van der Waals surface area contributed by atoms with E-state index in [4.69, 9.17) is 5.73 Å². The quantitative estimate of drug-likeness (QED) is 0.519. The summed E-state index contributed by atoms with van der Waals surface area (Å²) in [7, 11) is 0. The summed E-state index contributed by atoms with van der Waals surface area (Å²) in [6.07, 6.45) is 3.63. The highest BCUT2D eigenvalue weighted by Gasteiger charge is 2.11. The molecule has 1 aliphatic rings. The van der Waals surface area contributed by atoms with Crippen LogP contribution < -0.4 is 16.4 Å². The molecule has 1 aliphatic heterocycles. The van der Waals surface area contributed by atoms with E-state index in [0.717, 1.165) is 13.0 Å². The van der Waals surface area contributed by atoms with Crippen molar-refractivity contribution in [3.05, 3.63) is 0 Å². The van der Waals surface area contributed by atoms with Crippen molar-refractivity contribution in [1.29, 1.82) is 0 Å². The molecule has 64 valence electrons. The zero-order chi connectivity index (χ0) is 8.10. The van der Waals surface area contributed by atoms with Gasteiger partial charge in [-0.15, -0.1) is 0 Å². The van der Waals surface area contributed by atoms with Gasteiger partial charge in [-0.1, -0.05) is 6.42 Å². The summed E-state index contributed by atoms with van der Waals surface area (Å²) in [5.74, 6) is 0. The molecule has 4 nitrogen and oxygen atoms in total. The molecule has 2 amide bonds. The molecule has 0 saturated carbocycles. The van der Waals surface area contributed by atoms with Gasteiger partial charge >= 0.3 is 6.03 Å². The van der Waals surface area contributed by atoms with E-state index in [2.05, 4.69) is 10.6 Å². The number of primary amides is 1. The number of piperidine rings is 1. The number of carbonyl (C=O) groups excluding carboxylic acids is 1. The van der Waals surface area contributed by atoms with Crippen molar-refractivity contribution in [2.24, 2.45) is 5.73 Å². The molecule has 4 N–H and O–H groups in total. The minimum absolute atomic E-state index is 0.427. The van der Waals surface area contributed by atoms with Crippen LogP contribution in [0.25, 0.3) is 0 Å². The lowest BCUT2D eigenvalue weighted by Crippen LogP contribution is -2.44. The molecule has 1 saturated heterocycles. The topological polar surface area (TPSA) is 67.2 Å². The average molecular weight is 157 g/mol. The second kappa shape index (κ2) is 4.18. The number of nitrogens with two attached hydrogens (primary N) is 1. The van der Waals surface area contributed by atoms with Crippen LogP contribution in [-0.2, 0) is 0 Å². The minimum atomic E-state index is -0.433. The first-order valence-electron chi connectivity index (χ1n) is 4.06. The molecular weight excluding hydrogens is 142 g/mol. The highest BCUT2D eigenvalue weighted by atomic mass is 16.2. The minimum Gasteiger partial charge on any atom is -0.352 e. The summed E-state index contributed by atoms with van der Waals surface area (Å²) in [6, 6.07) is -0.00590. The predicted molar refractivity (Wildman–Crippen MR) is 43.2 cm³/mol. The fraction of sp³-hybridized carbons (Fsp3) is 0.857. The first-order chi connectivity index (χ1) is 5.29. The van der Waals surface area contributed by atoms with Crippen molar-refractivity contribution in [2.75, 3.05) is 13.1 Å². The molecule has 4 heteroatoms. The summed E-state index contributed by atoms with van der Waals surface area (Å²) in [5, 5.41) is 5.90. The van der Waals surface area contributed by atoms with Gasteiger partial charge in [-0.25, -0.2) is 4.79 Å². The second-order valence-electron chi connectivity index (χ2n) is 2.89. The second-order valence-corrected chi connectivity index (χ2v) is 2.89. The van der Waals surface area contributed by atoms with E-state index in [-0.39, 0.29) is 0 Å². The molecule has 0 aromatic carbocycles. The third-order valence-corrected chi connectivity index (χ3v) is 1.94. The third kappa shape index (κ3) is 3.23. The van der Waals surface area contributed by atoms with E-state index in [9.17, 15) is 4.79 Å². The average Bonchev–Trinajstić information content (AvgIpc) is 2.03. The molecule has 1 heterocycles. The van der Waals surface area contributed by atoms with Crippen molar-refractivity contribution in [1.82, 2.24) is 10.6 Å². The number of carbonyl (C=O) groups is 1. The van der Waals surface area contributed by atoms with E-state index in [1.807, 2.05) is 0 Å². The Morgan fingerprint density at radius 3 is 3.00 bits per heavy atom. The van der Waals surface area contributed by atoms with Crippen molar-refractivity contribution < 1.29 is 4.79 Å². The molecule has 1 unspecified atom stereocenters. The van der Waals surface area contributed by atoms with Crippen LogP contribution in [0.2, 0.25) is 0 Å². The van der Waals surface area contributed by atoms with Crippen molar-refractivity contribution >= 4 is 6.03 Å². The van der Waals surface area contributed by atoms with E-state index in [1.54, 1.807) is 0 Å². The van der Waals surface area contributed by atoms with Gasteiger partial charge in [0, 0.05) is 12.6 Å². The Labute approximate surface area is 66.5 Å². The summed E-state index contributed by atoms with van der Waals surface area (Å²) < 4.78 is 0. The van der Waals surface area contributed by atoms with E-state index in [1.165, 1.54) is 12.8 Å². The van der Waals surface area contributed by atoms with Crippen LogP contribution in [-0.4, -0.2) is 25.2 Å². The number of nitrogens with one attached hydrogen (secondary N) is 2. The van der Waals surface area contributed by atoms with Crippen LogP contribution in [0.3, 0.4) is 0 Å². The smallest absolute Gasteiger partial charge is 0.312 e. The predicted octanol–water partition coefficient (Wildman–Crippen LogP) is -0.203. The van der Waals surface area contributed by atoms with Crippen LogP contribution in [0, 0.1) is 0 Å². The SMILES string of the molecule is NC(=O)NCC1CCCCN1. The fourth-order valence-corrected chi connectivity index (χ4v) is 1.32. The van der Waals surface area contributed by atoms with Crippen LogP contribution >= 0.6 is 0 Å². The molecule has 1 atom stereocenters. The third-order valence-electron chi connectivity index (χ3n) is 1.94. The van der Waals surface area contributed by atoms with Gasteiger partial charge in [-0.2, -0.15) is 0 Å². The van der Waals surface area contributed by atoms with E-state index in [0.29, 0.717) is 12.6 Å². The van der Waals surface area contributed by atoms with Gasteiger partial charge in [-0.3, -0.25) is 0 Å². The highest BCUT2D eigenvalue weighted by Crippen LogP contribution is 2.05. The van der Waals surface area contributed by atoms with Crippen molar-refractivity contribution in [3.8, 4) is 0 Å². The van der Waals surface area contributed by atoms with Crippen LogP contribution in [0.5, 0.6) is 0 Å². The van der Waals surface area contributed by atoms with E-state index >= 15 is 0 Å². The first kappa shape index (κ1) is 8.33. The van der Waals surface area contributed by atoms with Gasteiger partial charge in [0.15, 0.2) is 0 Å². The van der Waals surface area contributed by atoms with Crippen LogP contribution in [0.1, 0.15) is 19.3 Å². The fourth-order valence-electron chi connectivity index (χ4n) is 1.32. The first-order valence-corrected chi connectivity index (χ1v) is 4.06. The number of urea groups is 1. The molecule has 0 bridgehead atoms. The molecule has 1 rings (SSSR count). The lowest BCUT2D eigenvalue weighted by atomic mass is 10.1. The maximum Gasteiger partial charge on any atom is 0.312 e. The molecule has 0 aromatic rings. The lowest BCUT2D eigenvalue weighted by Gasteiger charge is -2.22. The molecule has 0 spiro atoms. The largest absolute Gasteiger partial charge is 0.352 e. The van der Waals surface area contributed by atoms with Gasteiger partial charge in [0.05, 0.1) is 0 Å². The molecule has 1 fully saturated rings. The Hall–Kier alpha value is -0.770. The Balaban J connectivity index is 2.09. The summed E-state index contributed by atoms with van der Waals surface area (Å²) in [5.41, 5.74) is 4.93. The normalized spacial score (nSPS) is 24.5. The number of hydrogen-bond donors (Lipinski definition) is 3. The van der Waals surface area contributed by atoms with Gasteiger partial charge in [0.1, 0.15) is 0 Å². The molecular formula is C7H15N3O. The Morgan fingerprint density at radius 1 is 1.64 bits per heavy atom. The Bertz CT molecular complexity index is 132. The van der Waals surface area contributed by atoms with Crippen molar-refractivity contribution in [3.63, 3.8) is 0 Å². The highest BCUT2D eigenvalue weighted by molar-refractivity contribution is 5.71. The van der Waals surface area contributed by atoms with Gasteiger partial charge in [-0.05, 0) is 19.4 Å². The maximum atomic E-state index is 10.3. The number of hydrogen-bond acceptors (Lipinski definition) is 2. The van der Waals surface area contributed by atoms with Crippen LogP contribution in [0.15, 0.2) is 0 Å². The summed E-state index contributed by atoms with van der Waals surface area (Å²) in [6.45, 7) is 1.72. The zero-order valence-corrected chi connectivity index (χ0v) is 6.60. The lowest BCUT2D eigenvalue weighted by molar-refractivity contribution is 0.246. The van der Waals surface area contributed by atoms with Crippen LogP contribution in [0.4, 0.5) is 4.79 Å². The number of amides is 2. The Kier molecular flexibility index (Phi) is 3.16.